The van der Waals surface area contributed by atoms with Gasteiger partial charge < -0.3 is 9.64 Å². The molecule has 4 heteroatoms. The molecule has 21 heavy (non-hydrogen) atoms. The SMILES string of the molecule is CN(C(=O)C1COc2ccccc21)c1ccc(C#N)cc1. The van der Waals surface area contributed by atoms with Crippen LogP contribution < -0.4 is 9.64 Å². The standard InChI is InChI=1S/C17H14N2O2/c1-19(13-8-6-12(10-18)7-9-13)17(20)15-11-21-16-5-3-2-4-14(15)16/h2-9,15H,11H2,1H3. The van der Waals surface area contributed by atoms with E-state index in [1.165, 1.54) is 0 Å². The average molecular weight is 278 g/mol. The van der Waals surface area contributed by atoms with Gasteiger partial charge in [0.1, 0.15) is 18.3 Å². The molecule has 0 saturated carbocycles. The van der Waals surface area contributed by atoms with Gasteiger partial charge in [-0.3, -0.25) is 4.79 Å². The molecule has 1 amide bonds. The minimum absolute atomic E-state index is 0.00958. The second-order valence-electron chi connectivity index (χ2n) is 4.96. The molecule has 1 aliphatic heterocycles. The van der Waals surface area contributed by atoms with E-state index in [1.54, 1.807) is 36.2 Å². The zero-order valence-electron chi connectivity index (χ0n) is 11.6. The maximum Gasteiger partial charge on any atom is 0.237 e. The largest absolute Gasteiger partial charge is 0.492 e. The van der Waals surface area contributed by atoms with E-state index >= 15 is 0 Å². The third-order valence-corrected chi connectivity index (χ3v) is 3.71. The van der Waals surface area contributed by atoms with Gasteiger partial charge in [0, 0.05) is 18.3 Å². The molecule has 2 aromatic carbocycles. The summed E-state index contributed by atoms with van der Waals surface area (Å²) in [6, 6.07) is 16.7. The molecule has 0 aromatic heterocycles. The van der Waals surface area contributed by atoms with Crippen LogP contribution in [0.4, 0.5) is 5.69 Å². The highest BCUT2D eigenvalue weighted by Gasteiger charge is 2.32. The van der Waals surface area contributed by atoms with Gasteiger partial charge in [0.25, 0.3) is 0 Å². The monoisotopic (exact) mass is 278 g/mol. The Hall–Kier alpha value is -2.80. The van der Waals surface area contributed by atoms with Crippen LogP contribution >= 0.6 is 0 Å². The molecule has 2 aromatic rings. The number of fused-ring (bicyclic) bond motifs is 1. The van der Waals surface area contributed by atoms with Crippen LogP contribution in [-0.2, 0) is 4.79 Å². The summed E-state index contributed by atoms with van der Waals surface area (Å²) in [4.78, 5) is 14.3. The van der Waals surface area contributed by atoms with Crippen LogP contribution in [-0.4, -0.2) is 19.6 Å². The van der Waals surface area contributed by atoms with Crippen molar-refractivity contribution >= 4 is 11.6 Å². The van der Waals surface area contributed by atoms with Gasteiger partial charge in [0.2, 0.25) is 5.91 Å². The average Bonchev–Trinajstić information content (AvgIpc) is 2.97. The molecule has 0 N–H and O–H groups in total. The zero-order valence-corrected chi connectivity index (χ0v) is 11.6. The van der Waals surface area contributed by atoms with Gasteiger partial charge in [-0.25, -0.2) is 0 Å². The highest BCUT2D eigenvalue weighted by atomic mass is 16.5. The van der Waals surface area contributed by atoms with E-state index in [0.29, 0.717) is 12.2 Å². The molecule has 0 aliphatic carbocycles. The molecule has 0 saturated heterocycles. The maximum absolute atomic E-state index is 12.6. The van der Waals surface area contributed by atoms with Crippen LogP contribution in [0, 0.1) is 11.3 Å². The molecule has 3 rings (SSSR count). The number of hydrogen-bond acceptors (Lipinski definition) is 3. The number of ether oxygens (including phenoxy) is 1. The predicted molar refractivity (Wildman–Crippen MR) is 79.2 cm³/mol. The van der Waals surface area contributed by atoms with Crippen LogP contribution in [0.25, 0.3) is 0 Å². The Morgan fingerprint density at radius 2 is 1.95 bits per heavy atom. The van der Waals surface area contributed by atoms with Crippen molar-refractivity contribution in [3.8, 4) is 11.8 Å². The maximum atomic E-state index is 12.6. The first-order valence-electron chi connectivity index (χ1n) is 6.70. The fourth-order valence-electron chi connectivity index (χ4n) is 2.49. The highest BCUT2D eigenvalue weighted by molar-refractivity contribution is 5.98. The van der Waals surface area contributed by atoms with E-state index in [-0.39, 0.29) is 11.8 Å². The van der Waals surface area contributed by atoms with Gasteiger partial charge in [0.15, 0.2) is 0 Å². The number of hydrogen-bond donors (Lipinski definition) is 0. The second-order valence-corrected chi connectivity index (χ2v) is 4.96. The number of likely N-dealkylation sites (N-methyl/N-ethyl adjacent to an activating group) is 1. The van der Waals surface area contributed by atoms with E-state index in [4.69, 9.17) is 10.00 Å². The Morgan fingerprint density at radius 3 is 2.67 bits per heavy atom. The summed E-state index contributed by atoms with van der Waals surface area (Å²) in [7, 11) is 1.74. The molecule has 1 atom stereocenters. The van der Waals surface area contributed by atoms with Crippen molar-refractivity contribution in [2.45, 2.75) is 5.92 Å². The molecule has 1 aliphatic rings. The fourth-order valence-corrected chi connectivity index (χ4v) is 2.49. The molecule has 1 unspecified atom stereocenters. The molecular formula is C17H14N2O2. The van der Waals surface area contributed by atoms with Crippen molar-refractivity contribution in [1.82, 2.24) is 0 Å². The molecule has 0 spiro atoms. The number of rotatable bonds is 2. The van der Waals surface area contributed by atoms with Crippen molar-refractivity contribution in [3.63, 3.8) is 0 Å². The Balaban J connectivity index is 1.84. The highest BCUT2D eigenvalue weighted by Crippen LogP contribution is 2.35. The minimum atomic E-state index is -0.276. The summed E-state index contributed by atoms with van der Waals surface area (Å²) in [5.74, 6) is 0.496. The molecular weight excluding hydrogens is 264 g/mol. The number of carbonyl (C=O) groups excluding carboxylic acids is 1. The lowest BCUT2D eigenvalue weighted by Crippen LogP contribution is -2.32. The van der Waals surface area contributed by atoms with Crippen LogP contribution in [0.1, 0.15) is 17.0 Å². The first-order valence-corrected chi connectivity index (χ1v) is 6.70. The van der Waals surface area contributed by atoms with E-state index in [0.717, 1.165) is 17.0 Å². The molecule has 0 radical (unpaired) electrons. The number of carbonyl (C=O) groups is 1. The fraction of sp³-hybridized carbons (Fsp3) is 0.176. The third-order valence-electron chi connectivity index (χ3n) is 3.71. The van der Waals surface area contributed by atoms with Gasteiger partial charge in [0.05, 0.1) is 11.6 Å². The van der Waals surface area contributed by atoms with Gasteiger partial charge in [-0.05, 0) is 30.3 Å². The van der Waals surface area contributed by atoms with Gasteiger partial charge in [-0.2, -0.15) is 5.26 Å². The van der Waals surface area contributed by atoms with Crippen LogP contribution in [0.2, 0.25) is 0 Å². The van der Waals surface area contributed by atoms with E-state index < -0.39 is 0 Å². The van der Waals surface area contributed by atoms with Crippen LogP contribution in [0.3, 0.4) is 0 Å². The number of nitriles is 1. The summed E-state index contributed by atoms with van der Waals surface area (Å²) in [6.45, 7) is 0.374. The molecule has 1 heterocycles. The van der Waals surface area contributed by atoms with Crippen LogP contribution in [0.15, 0.2) is 48.5 Å². The van der Waals surface area contributed by atoms with Gasteiger partial charge >= 0.3 is 0 Å². The lowest BCUT2D eigenvalue weighted by Gasteiger charge is -2.20. The quantitative estimate of drug-likeness (QED) is 0.848. The number of benzene rings is 2. The topological polar surface area (TPSA) is 53.3 Å². The van der Waals surface area contributed by atoms with E-state index in [1.807, 2.05) is 24.3 Å². The van der Waals surface area contributed by atoms with Crippen LogP contribution in [0.5, 0.6) is 5.75 Å². The summed E-state index contributed by atoms with van der Waals surface area (Å²) in [5, 5.41) is 8.81. The second kappa shape index (κ2) is 5.29. The van der Waals surface area contributed by atoms with Crippen molar-refractivity contribution in [2.75, 3.05) is 18.6 Å². The lowest BCUT2D eigenvalue weighted by molar-refractivity contribution is -0.119. The first-order chi connectivity index (χ1) is 10.2. The molecule has 104 valence electrons. The van der Waals surface area contributed by atoms with E-state index in [9.17, 15) is 4.79 Å². The third kappa shape index (κ3) is 2.34. The number of para-hydroxylation sites is 1. The summed E-state index contributed by atoms with van der Waals surface area (Å²) >= 11 is 0. The number of amides is 1. The Bertz CT molecular complexity index is 716. The van der Waals surface area contributed by atoms with Crippen molar-refractivity contribution in [2.24, 2.45) is 0 Å². The lowest BCUT2D eigenvalue weighted by atomic mass is 10.00. The summed E-state index contributed by atoms with van der Waals surface area (Å²) in [6.07, 6.45) is 0. The smallest absolute Gasteiger partial charge is 0.237 e. The number of nitrogens with zero attached hydrogens (tertiary/aromatic N) is 2. The first kappa shape index (κ1) is 13.2. The van der Waals surface area contributed by atoms with Crippen molar-refractivity contribution in [1.29, 1.82) is 5.26 Å². The Labute approximate surface area is 123 Å². The predicted octanol–water partition coefficient (Wildman–Crippen LogP) is 2.70. The normalized spacial score (nSPS) is 15.7. The van der Waals surface area contributed by atoms with Gasteiger partial charge in [-0.15, -0.1) is 0 Å². The minimum Gasteiger partial charge on any atom is -0.492 e. The molecule has 0 bridgehead atoms. The molecule has 0 fully saturated rings. The number of anilines is 1. The zero-order chi connectivity index (χ0) is 14.8. The van der Waals surface area contributed by atoms with Crippen molar-refractivity contribution < 1.29 is 9.53 Å². The summed E-state index contributed by atoms with van der Waals surface area (Å²) in [5.41, 5.74) is 2.28. The van der Waals surface area contributed by atoms with Crippen molar-refractivity contribution in [3.05, 3.63) is 59.7 Å². The Morgan fingerprint density at radius 1 is 1.24 bits per heavy atom. The summed E-state index contributed by atoms with van der Waals surface area (Å²) < 4.78 is 5.56. The van der Waals surface area contributed by atoms with Gasteiger partial charge in [-0.1, -0.05) is 18.2 Å². The molecule has 4 nitrogen and oxygen atoms in total. The Kier molecular flexibility index (Phi) is 3.33. The van der Waals surface area contributed by atoms with E-state index in [2.05, 4.69) is 6.07 Å².